The number of hydrogen-bond acceptors (Lipinski definition) is 5. The Hall–Kier alpha value is -2.18. The minimum absolute atomic E-state index is 0.0520. The summed E-state index contributed by atoms with van der Waals surface area (Å²) in [6.07, 6.45) is 3.71. The number of aromatic nitrogens is 4. The topological polar surface area (TPSA) is 105 Å². The Labute approximate surface area is 103 Å². The molecule has 7 heteroatoms. The van der Waals surface area contributed by atoms with E-state index in [0.717, 1.165) is 0 Å². The lowest BCUT2D eigenvalue weighted by molar-refractivity contribution is -0.139. The standard InChI is InChI=1S/C11H14N4O3/c1-11(2,4-9(16)17)3-8-14-15-10(18-8)7-5-12-13-6-7/h5-6H,3-4H2,1-2H3,(H,12,13)(H,16,17). The van der Waals surface area contributed by atoms with Gasteiger partial charge in [-0.3, -0.25) is 9.89 Å². The van der Waals surface area contributed by atoms with Crippen LogP contribution in [0.3, 0.4) is 0 Å². The first kappa shape index (κ1) is 12.3. The number of carbonyl (C=O) groups is 1. The predicted octanol–water partition coefficient (Wildman–Crippen LogP) is 1.50. The quantitative estimate of drug-likeness (QED) is 0.833. The number of carboxylic acids is 1. The number of nitrogens with one attached hydrogen (secondary N) is 1. The Morgan fingerprint density at radius 1 is 1.50 bits per heavy atom. The zero-order chi connectivity index (χ0) is 13.2. The van der Waals surface area contributed by atoms with Gasteiger partial charge in [0.25, 0.3) is 5.89 Å². The van der Waals surface area contributed by atoms with E-state index < -0.39 is 11.4 Å². The molecule has 0 aromatic carbocycles. The number of nitrogens with zero attached hydrogens (tertiary/aromatic N) is 3. The molecule has 0 aliphatic carbocycles. The first-order valence-corrected chi connectivity index (χ1v) is 5.50. The van der Waals surface area contributed by atoms with E-state index >= 15 is 0 Å². The molecule has 0 saturated heterocycles. The summed E-state index contributed by atoms with van der Waals surface area (Å²) < 4.78 is 5.47. The lowest BCUT2D eigenvalue weighted by atomic mass is 9.86. The third-order valence-corrected chi connectivity index (χ3v) is 2.47. The zero-order valence-electron chi connectivity index (χ0n) is 10.2. The van der Waals surface area contributed by atoms with Crippen LogP contribution in [0.4, 0.5) is 0 Å². The van der Waals surface area contributed by atoms with Crippen molar-refractivity contribution in [1.29, 1.82) is 0 Å². The Morgan fingerprint density at radius 3 is 2.89 bits per heavy atom. The Bertz CT molecular complexity index is 530. The lowest BCUT2D eigenvalue weighted by Gasteiger charge is -2.19. The molecule has 0 fully saturated rings. The number of rotatable bonds is 5. The molecule has 0 spiro atoms. The largest absolute Gasteiger partial charge is 0.481 e. The second kappa shape index (κ2) is 4.59. The van der Waals surface area contributed by atoms with Gasteiger partial charge in [-0.15, -0.1) is 10.2 Å². The Morgan fingerprint density at radius 2 is 2.28 bits per heavy atom. The summed E-state index contributed by atoms with van der Waals surface area (Å²) >= 11 is 0. The van der Waals surface area contributed by atoms with E-state index in [2.05, 4.69) is 20.4 Å². The number of aliphatic carboxylic acids is 1. The SMILES string of the molecule is CC(C)(CC(=O)O)Cc1nnc(-c2cn[nH]c2)o1. The van der Waals surface area contributed by atoms with E-state index in [1.165, 1.54) is 0 Å². The molecule has 18 heavy (non-hydrogen) atoms. The van der Waals surface area contributed by atoms with Crippen LogP contribution in [0.25, 0.3) is 11.5 Å². The summed E-state index contributed by atoms with van der Waals surface area (Å²) in [5.41, 5.74) is 0.288. The van der Waals surface area contributed by atoms with Crippen LogP contribution in [0.15, 0.2) is 16.8 Å². The van der Waals surface area contributed by atoms with Crippen molar-refractivity contribution in [3.63, 3.8) is 0 Å². The van der Waals surface area contributed by atoms with Crippen molar-refractivity contribution in [3.05, 3.63) is 18.3 Å². The minimum Gasteiger partial charge on any atom is -0.481 e. The molecule has 7 nitrogen and oxygen atoms in total. The molecule has 0 saturated carbocycles. The summed E-state index contributed by atoms with van der Waals surface area (Å²) in [5, 5.41) is 23.1. The Kier molecular flexibility index (Phi) is 3.14. The summed E-state index contributed by atoms with van der Waals surface area (Å²) in [6, 6.07) is 0. The van der Waals surface area contributed by atoms with Crippen molar-refractivity contribution in [2.75, 3.05) is 0 Å². The van der Waals surface area contributed by atoms with Gasteiger partial charge in [-0.05, 0) is 5.41 Å². The molecule has 2 aromatic heterocycles. The monoisotopic (exact) mass is 250 g/mol. The average molecular weight is 250 g/mol. The first-order chi connectivity index (χ1) is 8.46. The highest BCUT2D eigenvalue weighted by atomic mass is 16.4. The molecular formula is C11H14N4O3. The van der Waals surface area contributed by atoms with Gasteiger partial charge in [0.2, 0.25) is 5.89 Å². The molecule has 2 aromatic rings. The summed E-state index contributed by atoms with van der Waals surface area (Å²) in [5.74, 6) is -0.0306. The number of aromatic amines is 1. The third kappa shape index (κ3) is 2.93. The van der Waals surface area contributed by atoms with Crippen LogP contribution in [-0.4, -0.2) is 31.5 Å². The molecule has 2 rings (SSSR count). The van der Waals surface area contributed by atoms with Gasteiger partial charge < -0.3 is 9.52 Å². The van der Waals surface area contributed by atoms with Gasteiger partial charge in [0, 0.05) is 12.6 Å². The van der Waals surface area contributed by atoms with Crippen LogP contribution in [0, 0.1) is 5.41 Å². The molecule has 0 radical (unpaired) electrons. The zero-order valence-corrected chi connectivity index (χ0v) is 10.2. The van der Waals surface area contributed by atoms with Crippen molar-refractivity contribution in [2.45, 2.75) is 26.7 Å². The van der Waals surface area contributed by atoms with E-state index in [4.69, 9.17) is 9.52 Å². The van der Waals surface area contributed by atoms with Crippen molar-refractivity contribution in [1.82, 2.24) is 20.4 Å². The Balaban J connectivity index is 2.09. The average Bonchev–Trinajstić information content (AvgIpc) is 2.82. The summed E-state index contributed by atoms with van der Waals surface area (Å²) in [4.78, 5) is 10.7. The molecule has 0 bridgehead atoms. The smallest absolute Gasteiger partial charge is 0.303 e. The van der Waals surface area contributed by atoms with Crippen molar-refractivity contribution in [3.8, 4) is 11.5 Å². The normalized spacial score (nSPS) is 11.7. The van der Waals surface area contributed by atoms with Gasteiger partial charge in [-0.2, -0.15) is 5.10 Å². The molecule has 96 valence electrons. The molecule has 2 heterocycles. The van der Waals surface area contributed by atoms with Crippen LogP contribution >= 0.6 is 0 Å². The van der Waals surface area contributed by atoms with Gasteiger partial charge in [-0.1, -0.05) is 13.8 Å². The van der Waals surface area contributed by atoms with Gasteiger partial charge >= 0.3 is 5.97 Å². The van der Waals surface area contributed by atoms with Crippen LogP contribution in [0.1, 0.15) is 26.2 Å². The molecule has 2 N–H and O–H groups in total. The van der Waals surface area contributed by atoms with E-state index in [0.29, 0.717) is 23.8 Å². The highest BCUT2D eigenvalue weighted by Crippen LogP contribution is 2.26. The van der Waals surface area contributed by atoms with Gasteiger partial charge in [0.15, 0.2) is 0 Å². The molecule has 0 aliphatic heterocycles. The number of carboxylic acid groups (broad SMARTS) is 1. The number of hydrogen-bond donors (Lipinski definition) is 2. The van der Waals surface area contributed by atoms with Crippen LogP contribution in [-0.2, 0) is 11.2 Å². The van der Waals surface area contributed by atoms with E-state index in [-0.39, 0.29) is 6.42 Å². The fourth-order valence-corrected chi connectivity index (χ4v) is 1.69. The third-order valence-electron chi connectivity index (χ3n) is 2.47. The van der Waals surface area contributed by atoms with Crippen LogP contribution in [0.5, 0.6) is 0 Å². The highest BCUT2D eigenvalue weighted by Gasteiger charge is 2.25. The molecule has 0 unspecified atom stereocenters. The summed E-state index contributed by atoms with van der Waals surface area (Å²) in [6.45, 7) is 3.70. The van der Waals surface area contributed by atoms with E-state index in [1.807, 2.05) is 13.8 Å². The maximum atomic E-state index is 10.7. The van der Waals surface area contributed by atoms with Crippen molar-refractivity contribution in [2.24, 2.45) is 5.41 Å². The van der Waals surface area contributed by atoms with E-state index in [9.17, 15) is 4.79 Å². The molecular weight excluding hydrogens is 236 g/mol. The van der Waals surface area contributed by atoms with E-state index in [1.54, 1.807) is 12.4 Å². The predicted molar refractivity (Wildman–Crippen MR) is 61.6 cm³/mol. The van der Waals surface area contributed by atoms with Crippen molar-refractivity contribution < 1.29 is 14.3 Å². The second-order valence-electron chi connectivity index (χ2n) is 4.90. The number of H-pyrrole nitrogens is 1. The molecule has 0 atom stereocenters. The molecule has 0 amide bonds. The minimum atomic E-state index is -0.838. The fourth-order valence-electron chi connectivity index (χ4n) is 1.69. The van der Waals surface area contributed by atoms with Gasteiger partial charge in [-0.25, -0.2) is 0 Å². The van der Waals surface area contributed by atoms with Crippen LogP contribution in [0.2, 0.25) is 0 Å². The van der Waals surface area contributed by atoms with Crippen LogP contribution < -0.4 is 0 Å². The van der Waals surface area contributed by atoms with Gasteiger partial charge in [0.05, 0.1) is 18.2 Å². The maximum Gasteiger partial charge on any atom is 0.303 e. The van der Waals surface area contributed by atoms with Crippen molar-refractivity contribution >= 4 is 5.97 Å². The highest BCUT2D eigenvalue weighted by molar-refractivity contribution is 5.67. The lowest BCUT2D eigenvalue weighted by Crippen LogP contribution is -2.19. The second-order valence-corrected chi connectivity index (χ2v) is 4.90. The first-order valence-electron chi connectivity index (χ1n) is 5.50. The maximum absolute atomic E-state index is 10.7. The van der Waals surface area contributed by atoms with Gasteiger partial charge in [0.1, 0.15) is 0 Å². The summed E-state index contributed by atoms with van der Waals surface area (Å²) in [7, 11) is 0. The fraction of sp³-hybridized carbons (Fsp3) is 0.455. The molecule has 0 aliphatic rings.